The topological polar surface area (TPSA) is 15.3 Å². The van der Waals surface area contributed by atoms with Crippen LogP contribution in [0.15, 0.2) is 24.3 Å². The first-order valence-electron chi connectivity index (χ1n) is 7.07. The molecule has 0 aromatic heterocycles. The van der Waals surface area contributed by atoms with E-state index in [0.717, 1.165) is 5.56 Å². The van der Waals surface area contributed by atoms with Crippen LogP contribution in [-0.4, -0.2) is 37.8 Å². The molecule has 0 heterocycles. The van der Waals surface area contributed by atoms with Crippen LogP contribution in [0.4, 0.5) is 17.6 Å². The quantitative estimate of drug-likeness (QED) is 0.736. The van der Waals surface area contributed by atoms with Crippen molar-refractivity contribution in [1.82, 2.24) is 10.2 Å². The molecular weight excluding hydrogens is 284 g/mol. The molecule has 0 spiro atoms. The van der Waals surface area contributed by atoms with Gasteiger partial charge in [-0.3, -0.25) is 4.90 Å². The Bertz CT molecular complexity index is 420. The molecule has 0 saturated carbocycles. The third-order valence-electron chi connectivity index (χ3n) is 3.28. The molecular formula is C15H22F4N2. The standard InChI is InChI=1S/C15H22F4N2/c1-3-8-21(11-15(17,18)19)9-7-14(20-2)12-5-4-6-13(16)10-12/h4-6,10,14,20H,3,7-9,11H2,1-2H3. The Labute approximate surface area is 123 Å². The largest absolute Gasteiger partial charge is 0.401 e. The first-order valence-corrected chi connectivity index (χ1v) is 7.07. The van der Waals surface area contributed by atoms with Crippen LogP contribution in [0.3, 0.4) is 0 Å². The summed E-state index contributed by atoms with van der Waals surface area (Å²) in [4.78, 5) is 1.39. The highest BCUT2D eigenvalue weighted by Crippen LogP contribution is 2.20. The number of hydrogen-bond donors (Lipinski definition) is 1. The summed E-state index contributed by atoms with van der Waals surface area (Å²) in [5, 5.41) is 3.03. The molecule has 1 N–H and O–H groups in total. The molecule has 0 radical (unpaired) electrons. The van der Waals surface area contributed by atoms with Gasteiger partial charge in [-0.25, -0.2) is 4.39 Å². The fraction of sp³-hybridized carbons (Fsp3) is 0.600. The highest BCUT2D eigenvalue weighted by Gasteiger charge is 2.30. The van der Waals surface area contributed by atoms with E-state index in [2.05, 4.69) is 5.32 Å². The van der Waals surface area contributed by atoms with Gasteiger partial charge < -0.3 is 5.32 Å². The van der Waals surface area contributed by atoms with Gasteiger partial charge in [0.2, 0.25) is 0 Å². The highest BCUT2D eigenvalue weighted by molar-refractivity contribution is 5.20. The monoisotopic (exact) mass is 306 g/mol. The van der Waals surface area contributed by atoms with E-state index < -0.39 is 12.7 Å². The normalized spacial score (nSPS) is 13.7. The van der Waals surface area contributed by atoms with Crippen molar-refractivity contribution >= 4 is 0 Å². The lowest BCUT2D eigenvalue weighted by Crippen LogP contribution is -2.36. The Morgan fingerprint density at radius 3 is 2.48 bits per heavy atom. The zero-order valence-electron chi connectivity index (χ0n) is 12.4. The van der Waals surface area contributed by atoms with Crippen molar-refractivity contribution in [2.75, 3.05) is 26.7 Å². The Balaban J connectivity index is 2.63. The summed E-state index contributed by atoms with van der Waals surface area (Å²) >= 11 is 0. The van der Waals surface area contributed by atoms with Gasteiger partial charge in [0.15, 0.2) is 0 Å². The molecule has 2 nitrogen and oxygen atoms in total. The van der Waals surface area contributed by atoms with Gasteiger partial charge in [0, 0.05) is 12.6 Å². The third kappa shape index (κ3) is 6.91. The minimum atomic E-state index is -4.19. The molecule has 0 aliphatic rings. The lowest BCUT2D eigenvalue weighted by atomic mass is 10.0. The average molecular weight is 306 g/mol. The predicted octanol–water partition coefficient (Wildman–Crippen LogP) is 3.75. The Kier molecular flexibility index (Phi) is 7.11. The molecule has 0 fully saturated rings. The van der Waals surface area contributed by atoms with Crippen molar-refractivity contribution in [2.45, 2.75) is 32.0 Å². The fourth-order valence-electron chi connectivity index (χ4n) is 2.35. The van der Waals surface area contributed by atoms with Gasteiger partial charge >= 0.3 is 6.18 Å². The van der Waals surface area contributed by atoms with E-state index in [4.69, 9.17) is 0 Å². The van der Waals surface area contributed by atoms with Crippen LogP contribution in [-0.2, 0) is 0 Å². The first kappa shape index (κ1) is 17.9. The van der Waals surface area contributed by atoms with Crippen molar-refractivity contribution in [1.29, 1.82) is 0 Å². The second-order valence-corrected chi connectivity index (χ2v) is 5.08. The van der Waals surface area contributed by atoms with Crippen LogP contribution in [0.2, 0.25) is 0 Å². The number of benzene rings is 1. The van der Waals surface area contributed by atoms with Gasteiger partial charge in [0.25, 0.3) is 0 Å². The summed E-state index contributed by atoms with van der Waals surface area (Å²) in [5.74, 6) is -0.339. The van der Waals surface area contributed by atoms with Gasteiger partial charge in [0.05, 0.1) is 6.54 Å². The molecule has 6 heteroatoms. The molecule has 1 aromatic carbocycles. The molecule has 1 atom stereocenters. The summed E-state index contributed by atoms with van der Waals surface area (Å²) in [6.45, 7) is 1.67. The minimum Gasteiger partial charge on any atom is -0.313 e. The maximum absolute atomic E-state index is 13.2. The summed E-state index contributed by atoms with van der Waals surface area (Å²) < 4.78 is 50.7. The van der Waals surface area contributed by atoms with Crippen LogP contribution in [0.5, 0.6) is 0 Å². The van der Waals surface area contributed by atoms with Gasteiger partial charge in [0.1, 0.15) is 5.82 Å². The number of halogens is 4. The van der Waals surface area contributed by atoms with E-state index in [-0.39, 0.29) is 11.9 Å². The lowest BCUT2D eigenvalue weighted by Gasteiger charge is -2.25. The number of hydrogen-bond acceptors (Lipinski definition) is 2. The SMILES string of the molecule is CCCN(CCC(NC)c1cccc(F)c1)CC(F)(F)F. The second kappa shape index (κ2) is 8.34. The van der Waals surface area contributed by atoms with Crippen LogP contribution in [0.25, 0.3) is 0 Å². The Hall–Kier alpha value is -1.14. The summed E-state index contributed by atoms with van der Waals surface area (Å²) in [7, 11) is 1.73. The van der Waals surface area contributed by atoms with E-state index in [9.17, 15) is 17.6 Å². The molecule has 1 aromatic rings. The van der Waals surface area contributed by atoms with Gasteiger partial charge in [-0.1, -0.05) is 19.1 Å². The second-order valence-electron chi connectivity index (χ2n) is 5.08. The van der Waals surface area contributed by atoms with Crippen LogP contribution in [0.1, 0.15) is 31.4 Å². The molecule has 0 bridgehead atoms. The van der Waals surface area contributed by atoms with E-state index in [1.165, 1.54) is 17.0 Å². The third-order valence-corrected chi connectivity index (χ3v) is 3.28. The Morgan fingerprint density at radius 2 is 1.95 bits per heavy atom. The van der Waals surface area contributed by atoms with Crippen molar-refractivity contribution in [3.63, 3.8) is 0 Å². The van der Waals surface area contributed by atoms with Gasteiger partial charge in [-0.05, 0) is 44.1 Å². The zero-order valence-corrected chi connectivity index (χ0v) is 12.4. The highest BCUT2D eigenvalue weighted by atomic mass is 19.4. The molecule has 1 rings (SSSR count). The molecule has 1 unspecified atom stereocenters. The average Bonchev–Trinajstić information content (AvgIpc) is 2.38. The molecule has 0 aliphatic heterocycles. The Morgan fingerprint density at radius 1 is 1.24 bits per heavy atom. The minimum absolute atomic E-state index is 0.159. The summed E-state index contributed by atoms with van der Waals surface area (Å²) in [6, 6.07) is 5.98. The molecule has 0 amide bonds. The van der Waals surface area contributed by atoms with E-state index in [1.807, 2.05) is 6.92 Å². The lowest BCUT2D eigenvalue weighted by molar-refractivity contribution is -0.146. The molecule has 0 saturated heterocycles. The molecule has 120 valence electrons. The van der Waals surface area contributed by atoms with Crippen molar-refractivity contribution in [3.05, 3.63) is 35.6 Å². The van der Waals surface area contributed by atoms with E-state index in [1.54, 1.807) is 19.2 Å². The number of nitrogens with one attached hydrogen (secondary N) is 1. The van der Waals surface area contributed by atoms with Crippen molar-refractivity contribution in [2.24, 2.45) is 0 Å². The molecule has 0 aliphatic carbocycles. The zero-order chi connectivity index (χ0) is 15.9. The maximum atomic E-state index is 13.2. The summed E-state index contributed by atoms with van der Waals surface area (Å²) in [5.41, 5.74) is 0.751. The van der Waals surface area contributed by atoms with Crippen LogP contribution < -0.4 is 5.32 Å². The maximum Gasteiger partial charge on any atom is 0.401 e. The number of alkyl halides is 3. The van der Waals surface area contributed by atoms with E-state index >= 15 is 0 Å². The van der Waals surface area contributed by atoms with Crippen molar-refractivity contribution in [3.8, 4) is 0 Å². The summed E-state index contributed by atoms with van der Waals surface area (Å²) in [6.07, 6.45) is -3.03. The first-order chi connectivity index (χ1) is 9.85. The van der Waals surface area contributed by atoms with Crippen molar-refractivity contribution < 1.29 is 17.6 Å². The van der Waals surface area contributed by atoms with Gasteiger partial charge in [-0.15, -0.1) is 0 Å². The molecule has 21 heavy (non-hydrogen) atoms. The van der Waals surface area contributed by atoms with Gasteiger partial charge in [-0.2, -0.15) is 13.2 Å². The van der Waals surface area contributed by atoms with E-state index in [0.29, 0.717) is 25.9 Å². The van der Waals surface area contributed by atoms with Crippen LogP contribution >= 0.6 is 0 Å². The predicted molar refractivity (Wildman–Crippen MR) is 75.6 cm³/mol. The smallest absolute Gasteiger partial charge is 0.313 e. The number of nitrogens with zero attached hydrogens (tertiary/aromatic N) is 1. The van der Waals surface area contributed by atoms with Crippen LogP contribution in [0, 0.1) is 5.82 Å². The fourth-order valence-corrected chi connectivity index (χ4v) is 2.35. The number of rotatable bonds is 8.